The summed E-state index contributed by atoms with van der Waals surface area (Å²) in [5.74, 6) is 0.907. The Bertz CT molecular complexity index is 361. The Morgan fingerprint density at radius 1 is 1.41 bits per heavy atom. The molecule has 92 valence electrons. The highest BCUT2D eigenvalue weighted by Crippen LogP contribution is 2.19. The van der Waals surface area contributed by atoms with Crippen LogP contribution in [0.5, 0.6) is 5.75 Å². The number of hydrogen-bond donors (Lipinski definition) is 1. The number of ether oxygens (including phenoxy) is 1. The summed E-state index contributed by atoms with van der Waals surface area (Å²) in [5, 5.41) is 0. The van der Waals surface area contributed by atoms with Crippen molar-refractivity contribution in [3.05, 3.63) is 36.9 Å². The average molecular weight is 232 g/mol. The standard InChI is InChI=1S/C14H20N2O/c1-2-9-16-10-3-4-14(11-16)17-13-7-5-12(15)6-8-13/h2,5-8,14H,1,3-4,9-11,15H2. The van der Waals surface area contributed by atoms with Crippen LogP contribution in [0.15, 0.2) is 36.9 Å². The minimum absolute atomic E-state index is 0.285. The number of benzene rings is 1. The molecule has 0 radical (unpaired) electrons. The zero-order chi connectivity index (χ0) is 12.1. The fraction of sp³-hybridized carbons (Fsp3) is 0.429. The Kier molecular flexibility index (Phi) is 4.04. The predicted octanol–water partition coefficient (Wildman–Crippen LogP) is 2.30. The maximum Gasteiger partial charge on any atom is 0.119 e. The molecule has 0 saturated carbocycles. The summed E-state index contributed by atoms with van der Waals surface area (Å²) in [6.07, 6.45) is 4.55. The molecule has 0 amide bonds. The SMILES string of the molecule is C=CCN1CCCC(Oc2ccc(N)cc2)C1. The van der Waals surface area contributed by atoms with Crippen LogP contribution in [0.25, 0.3) is 0 Å². The zero-order valence-corrected chi connectivity index (χ0v) is 10.1. The molecule has 3 nitrogen and oxygen atoms in total. The number of likely N-dealkylation sites (tertiary alicyclic amines) is 1. The quantitative estimate of drug-likeness (QED) is 0.639. The van der Waals surface area contributed by atoms with Crippen molar-refractivity contribution in [3.8, 4) is 5.75 Å². The molecule has 3 heteroatoms. The van der Waals surface area contributed by atoms with Gasteiger partial charge in [0.2, 0.25) is 0 Å². The van der Waals surface area contributed by atoms with Gasteiger partial charge in [0.25, 0.3) is 0 Å². The van der Waals surface area contributed by atoms with Crippen molar-refractivity contribution < 1.29 is 4.74 Å². The van der Waals surface area contributed by atoms with E-state index in [1.807, 2.05) is 30.3 Å². The number of anilines is 1. The summed E-state index contributed by atoms with van der Waals surface area (Å²) in [4.78, 5) is 2.37. The first-order valence-corrected chi connectivity index (χ1v) is 6.13. The second-order valence-corrected chi connectivity index (χ2v) is 4.50. The summed E-state index contributed by atoms with van der Waals surface area (Å²) in [7, 11) is 0. The van der Waals surface area contributed by atoms with E-state index in [1.54, 1.807) is 0 Å². The van der Waals surface area contributed by atoms with E-state index in [0.717, 1.165) is 37.5 Å². The van der Waals surface area contributed by atoms with Crippen LogP contribution >= 0.6 is 0 Å². The highest BCUT2D eigenvalue weighted by Gasteiger charge is 2.20. The second-order valence-electron chi connectivity index (χ2n) is 4.50. The smallest absolute Gasteiger partial charge is 0.119 e. The van der Waals surface area contributed by atoms with E-state index in [-0.39, 0.29) is 6.10 Å². The topological polar surface area (TPSA) is 38.5 Å². The summed E-state index contributed by atoms with van der Waals surface area (Å²) >= 11 is 0. The van der Waals surface area contributed by atoms with Gasteiger partial charge >= 0.3 is 0 Å². The number of nitrogens with two attached hydrogens (primary N) is 1. The van der Waals surface area contributed by atoms with E-state index < -0.39 is 0 Å². The molecule has 1 aliphatic rings. The molecule has 0 spiro atoms. The van der Waals surface area contributed by atoms with Gasteiger partial charge in [0, 0.05) is 18.8 Å². The lowest BCUT2D eigenvalue weighted by molar-refractivity contribution is 0.0958. The summed E-state index contributed by atoms with van der Waals surface area (Å²) in [6.45, 7) is 6.85. The molecule has 1 aromatic rings. The summed E-state index contributed by atoms with van der Waals surface area (Å²) in [6, 6.07) is 7.61. The summed E-state index contributed by atoms with van der Waals surface area (Å²) < 4.78 is 5.96. The van der Waals surface area contributed by atoms with Crippen LogP contribution in [0, 0.1) is 0 Å². The van der Waals surface area contributed by atoms with Crippen LogP contribution in [0.4, 0.5) is 5.69 Å². The lowest BCUT2D eigenvalue weighted by Crippen LogP contribution is -2.41. The van der Waals surface area contributed by atoms with Crippen molar-refractivity contribution >= 4 is 5.69 Å². The Labute approximate surface area is 103 Å². The van der Waals surface area contributed by atoms with Gasteiger partial charge in [-0.25, -0.2) is 0 Å². The van der Waals surface area contributed by atoms with Gasteiger partial charge < -0.3 is 10.5 Å². The first kappa shape index (κ1) is 12.0. The maximum atomic E-state index is 5.96. The molecule has 0 bridgehead atoms. The number of hydrogen-bond acceptors (Lipinski definition) is 3. The Morgan fingerprint density at radius 2 is 2.18 bits per heavy atom. The molecule has 1 aliphatic heterocycles. The molecule has 1 fully saturated rings. The third-order valence-corrected chi connectivity index (χ3v) is 3.03. The van der Waals surface area contributed by atoms with Crippen LogP contribution in [-0.2, 0) is 0 Å². The molecule has 1 atom stereocenters. The largest absolute Gasteiger partial charge is 0.489 e. The van der Waals surface area contributed by atoms with E-state index in [2.05, 4.69) is 11.5 Å². The van der Waals surface area contributed by atoms with E-state index in [4.69, 9.17) is 10.5 Å². The highest BCUT2D eigenvalue weighted by atomic mass is 16.5. The van der Waals surface area contributed by atoms with Crippen molar-refractivity contribution in [2.24, 2.45) is 0 Å². The molecular formula is C14H20N2O. The van der Waals surface area contributed by atoms with Gasteiger partial charge in [0.15, 0.2) is 0 Å². The van der Waals surface area contributed by atoms with Crippen molar-refractivity contribution in [3.63, 3.8) is 0 Å². The first-order valence-electron chi connectivity index (χ1n) is 6.13. The fourth-order valence-corrected chi connectivity index (χ4v) is 2.20. The fourth-order valence-electron chi connectivity index (χ4n) is 2.20. The van der Waals surface area contributed by atoms with E-state index in [0.29, 0.717) is 0 Å². The molecule has 2 N–H and O–H groups in total. The van der Waals surface area contributed by atoms with Crippen LogP contribution in [0.3, 0.4) is 0 Å². The third-order valence-electron chi connectivity index (χ3n) is 3.03. The molecule has 1 aromatic carbocycles. The van der Waals surface area contributed by atoms with Crippen molar-refractivity contribution in [2.45, 2.75) is 18.9 Å². The molecule has 0 aromatic heterocycles. The highest BCUT2D eigenvalue weighted by molar-refractivity contribution is 5.41. The van der Waals surface area contributed by atoms with Gasteiger partial charge in [0.1, 0.15) is 11.9 Å². The maximum absolute atomic E-state index is 5.96. The normalized spacial score (nSPS) is 21.1. The van der Waals surface area contributed by atoms with Crippen molar-refractivity contribution in [1.29, 1.82) is 0 Å². The van der Waals surface area contributed by atoms with Gasteiger partial charge in [0.05, 0.1) is 0 Å². The van der Waals surface area contributed by atoms with E-state index in [1.165, 1.54) is 6.42 Å². The lowest BCUT2D eigenvalue weighted by atomic mass is 10.1. The average Bonchev–Trinajstić information content (AvgIpc) is 2.33. The predicted molar refractivity (Wildman–Crippen MR) is 71.1 cm³/mol. The zero-order valence-electron chi connectivity index (χ0n) is 10.1. The first-order chi connectivity index (χ1) is 8.28. The van der Waals surface area contributed by atoms with Crippen molar-refractivity contribution in [2.75, 3.05) is 25.4 Å². The van der Waals surface area contributed by atoms with Gasteiger partial charge in [-0.15, -0.1) is 6.58 Å². The molecule has 17 heavy (non-hydrogen) atoms. The molecule has 1 unspecified atom stereocenters. The molecule has 0 aliphatic carbocycles. The third kappa shape index (κ3) is 3.49. The molecular weight excluding hydrogens is 212 g/mol. The Hall–Kier alpha value is -1.48. The van der Waals surface area contributed by atoms with E-state index in [9.17, 15) is 0 Å². The van der Waals surface area contributed by atoms with E-state index >= 15 is 0 Å². The van der Waals surface area contributed by atoms with Gasteiger partial charge in [-0.3, -0.25) is 4.90 Å². The number of nitrogen functional groups attached to an aromatic ring is 1. The molecule has 1 saturated heterocycles. The monoisotopic (exact) mass is 232 g/mol. The van der Waals surface area contributed by atoms with Gasteiger partial charge in [-0.1, -0.05) is 6.08 Å². The minimum atomic E-state index is 0.285. The Balaban J connectivity index is 1.89. The molecule has 1 heterocycles. The lowest BCUT2D eigenvalue weighted by Gasteiger charge is -2.32. The van der Waals surface area contributed by atoms with Crippen LogP contribution in [0.2, 0.25) is 0 Å². The van der Waals surface area contributed by atoms with Crippen LogP contribution < -0.4 is 10.5 Å². The number of rotatable bonds is 4. The minimum Gasteiger partial charge on any atom is -0.489 e. The number of piperidine rings is 1. The Morgan fingerprint density at radius 3 is 2.88 bits per heavy atom. The van der Waals surface area contributed by atoms with Crippen LogP contribution in [0.1, 0.15) is 12.8 Å². The second kappa shape index (κ2) is 5.73. The van der Waals surface area contributed by atoms with Gasteiger partial charge in [-0.05, 0) is 43.7 Å². The van der Waals surface area contributed by atoms with Crippen LogP contribution in [-0.4, -0.2) is 30.6 Å². The van der Waals surface area contributed by atoms with Gasteiger partial charge in [-0.2, -0.15) is 0 Å². The molecule has 2 rings (SSSR count). The summed E-state index contributed by atoms with van der Waals surface area (Å²) in [5.41, 5.74) is 6.42. The van der Waals surface area contributed by atoms with Crippen molar-refractivity contribution in [1.82, 2.24) is 4.90 Å². The number of nitrogens with zero attached hydrogens (tertiary/aromatic N) is 1.